The lowest BCUT2D eigenvalue weighted by Crippen LogP contribution is -2.40. The summed E-state index contributed by atoms with van der Waals surface area (Å²) in [4.78, 5) is 17.5. The van der Waals surface area contributed by atoms with E-state index in [1.807, 2.05) is 11.8 Å². The van der Waals surface area contributed by atoms with Crippen LogP contribution in [0.2, 0.25) is 0 Å². The molecule has 2 aromatic rings. The Hall–Kier alpha value is -2.48. The van der Waals surface area contributed by atoms with E-state index in [1.54, 1.807) is 32.9 Å². The van der Waals surface area contributed by atoms with E-state index in [0.29, 0.717) is 24.2 Å². The zero-order valence-electron chi connectivity index (χ0n) is 15.2. The van der Waals surface area contributed by atoms with Crippen molar-refractivity contribution in [2.75, 3.05) is 18.1 Å². The molecule has 0 saturated carbocycles. The molecule has 1 aromatic heterocycles. The Bertz CT molecular complexity index is 834. The van der Waals surface area contributed by atoms with Gasteiger partial charge in [0.2, 0.25) is 5.82 Å². The van der Waals surface area contributed by atoms with Crippen LogP contribution in [0.4, 0.5) is 10.1 Å². The van der Waals surface area contributed by atoms with Gasteiger partial charge < -0.3 is 19.3 Å². The number of ether oxygens (including phenoxy) is 1. The SMILES string of the molecule is CCOC(=O)c1nc(-c2ccc(N3CC[C@](C)(O)[C@@H]3C)c(C)c2F)no1. The molecule has 7 nitrogen and oxygen atoms in total. The molecule has 0 amide bonds. The molecule has 1 N–H and O–H groups in total. The van der Waals surface area contributed by atoms with Gasteiger partial charge in [-0.25, -0.2) is 9.18 Å². The quantitative estimate of drug-likeness (QED) is 0.836. The number of nitrogens with zero attached hydrogens (tertiary/aromatic N) is 3. The third-order valence-corrected chi connectivity index (χ3v) is 5.01. The van der Waals surface area contributed by atoms with Gasteiger partial charge in [-0.2, -0.15) is 4.98 Å². The van der Waals surface area contributed by atoms with Gasteiger partial charge in [0.05, 0.1) is 23.8 Å². The fraction of sp³-hybridized carbons (Fsp3) is 0.500. The van der Waals surface area contributed by atoms with Crippen LogP contribution < -0.4 is 4.90 Å². The predicted molar refractivity (Wildman–Crippen MR) is 92.4 cm³/mol. The molecular weight excluding hydrogens is 341 g/mol. The Morgan fingerprint density at radius 3 is 2.88 bits per heavy atom. The highest BCUT2D eigenvalue weighted by atomic mass is 19.1. The summed E-state index contributed by atoms with van der Waals surface area (Å²) in [7, 11) is 0. The lowest BCUT2D eigenvalue weighted by molar-refractivity contribution is 0.0470. The monoisotopic (exact) mass is 363 g/mol. The van der Waals surface area contributed by atoms with Crippen LogP contribution in [0.1, 0.15) is 43.4 Å². The van der Waals surface area contributed by atoms with Crippen LogP contribution in [-0.4, -0.2) is 46.0 Å². The van der Waals surface area contributed by atoms with Crippen LogP contribution in [0.3, 0.4) is 0 Å². The maximum Gasteiger partial charge on any atom is 0.397 e. The van der Waals surface area contributed by atoms with Crippen molar-refractivity contribution in [1.29, 1.82) is 0 Å². The van der Waals surface area contributed by atoms with Gasteiger partial charge in [-0.1, -0.05) is 5.16 Å². The first-order chi connectivity index (χ1) is 12.3. The van der Waals surface area contributed by atoms with Crippen molar-refractivity contribution in [3.05, 3.63) is 29.4 Å². The molecule has 0 radical (unpaired) electrons. The Balaban J connectivity index is 1.93. The summed E-state index contributed by atoms with van der Waals surface area (Å²) in [6.07, 6.45) is 0.616. The largest absolute Gasteiger partial charge is 0.459 e. The fourth-order valence-electron chi connectivity index (χ4n) is 3.18. The lowest BCUT2D eigenvalue weighted by Gasteiger charge is -2.31. The number of benzene rings is 1. The van der Waals surface area contributed by atoms with Crippen LogP contribution in [0.15, 0.2) is 16.7 Å². The van der Waals surface area contributed by atoms with Crippen molar-refractivity contribution in [3.8, 4) is 11.4 Å². The topological polar surface area (TPSA) is 88.7 Å². The molecule has 1 aliphatic heterocycles. The minimum Gasteiger partial charge on any atom is -0.459 e. The Kier molecular flexibility index (Phi) is 4.70. The van der Waals surface area contributed by atoms with Gasteiger partial charge in [-0.05, 0) is 46.2 Å². The van der Waals surface area contributed by atoms with E-state index < -0.39 is 17.4 Å². The number of halogens is 1. The number of aromatic nitrogens is 2. The Morgan fingerprint density at radius 1 is 1.54 bits per heavy atom. The van der Waals surface area contributed by atoms with Gasteiger partial charge in [-0.3, -0.25) is 0 Å². The molecule has 8 heteroatoms. The molecule has 2 atom stereocenters. The first-order valence-electron chi connectivity index (χ1n) is 8.55. The highest BCUT2D eigenvalue weighted by Gasteiger charge is 2.40. The van der Waals surface area contributed by atoms with Crippen molar-refractivity contribution < 1.29 is 23.6 Å². The molecular formula is C18H22FN3O4. The molecule has 0 aliphatic carbocycles. The van der Waals surface area contributed by atoms with Crippen LogP contribution in [0.25, 0.3) is 11.4 Å². The second kappa shape index (κ2) is 6.68. The summed E-state index contributed by atoms with van der Waals surface area (Å²) in [5.74, 6) is -1.56. The van der Waals surface area contributed by atoms with Gasteiger partial charge in [0.1, 0.15) is 5.82 Å². The van der Waals surface area contributed by atoms with Gasteiger partial charge in [0, 0.05) is 17.8 Å². The molecule has 1 fully saturated rings. The van der Waals surface area contributed by atoms with Crippen molar-refractivity contribution in [1.82, 2.24) is 10.1 Å². The summed E-state index contributed by atoms with van der Waals surface area (Å²) in [6, 6.07) is 3.19. The normalized spacial score (nSPS) is 22.7. The molecule has 0 bridgehead atoms. The second-order valence-electron chi connectivity index (χ2n) is 6.69. The minimum atomic E-state index is -0.816. The van der Waals surface area contributed by atoms with Crippen LogP contribution in [0, 0.1) is 12.7 Å². The third-order valence-electron chi connectivity index (χ3n) is 5.01. The Morgan fingerprint density at radius 2 is 2.27 bits per heavy atom. The average Bonchev–Trinajstić information content (AvgIpc) is 3.17. The number of aliphatic hydroxyl groups is 1. The summed E-state index contributed by atoms with van der Waals surface area (Å²) < 4.78 is 24.6. The molecule has 1 saturated heterocycles. The predicted octanol–water partition coefficient (Wildman–Crippen LogP) is 2.71. The van der Waals surface area contributed by atoms with E-state index in [0.717, 1.165) is 0 Å². The van der Waals surface area contributed by atoms with Crippen LogP contribution in [-0.2, 0) is 4.74 Å². The molecule has 26 heavy (non-hydrogen) atoms. The summed E-state index contributed by atoms with van der Waals surface area (Å²) in [6.45, 7) is 7.85. The summed E-state index contributed by atoms with van der Waals surface area (Å²) in [5.41, 5.74) is 0.466. The van der Waals surface area contributed by atoms with E-state index in [-0.39, 0.29) is 29.9 Å². The molecule has 1 aromatic carbocycles. The number of carbonyl (C=O) groups is 1. The van der Waals surface area contributed by atoms with E-state index in [2.05, 4.69) is 10.1 Å². The van der Waals surface area contributed by atoms with E-state index in [4.69, 9.17) is 9.26 Å². The number of hydrogen-bond acceptors (Lipinski definition) is 7. The van der Waals surface area contributed by atoms with E-state index in [1.165, 1.54) is 0 Å². The zero-order chi connectivity index (χ0) is 19.1. The second-order valence-corrected chi connectivity index (χ2v) is 6.69. The highest BCUT2D eigenvalue weighted by molar-refractivity contribution is 5.84. The van der Waals surface area contributed by atoms with Crippen molar-refractivity contribution >= 4 is 11.7 Å². The lowest BCUT2D eigenvalue weighted by atomic mass is 9.98. The number of esters is 1. The number of anilines is 1. The standard InChI is InChI=1S/C18H22FN3O4/c1-5-25-17(23)16-20-15(21-26-16)12-6-7-13(10(2)14(12)19)22-9-8-18(4,24)11(22)3/h6-7,11,24H,5,8-9H2,1-4H3/t11-,18-/m0/s1. The third kappa shape index (κ3) is 3.05. The van der Waals surface area contributed by atoms with Gasteiger partial charge in [0.15, 0.2) is 0 Å². The highest BCUT2D eigenvalue weighted by Crippen LogP contribution is 2.37. The first-order valence-corrected chi connectivity index (χ1v) is 8.55. The van der Waals surface area contributed by atoms with Crippen LogP contribution in [0.5, 0.6) is 0 Å². The summed E-state index contributed by atoms with van der Waals surface area (Å²) in [5, 5.41) is 14.1. The van der Waals surface area contributed by atoms with Gasteiger partial charge in [-0.15, -0.1) is 0 Å². The maximum atomic E-state index is 15.0. The number of rotatable bonds is 4. The molecule has 3 rings (SSSR count). The maximum absolute atomic E-state index is 15.0. The smallest absolute Gasteiger partial charge is 0.397 e. The number of carbonyl (C=O) groups excluding carboxylic acids is 1. The van der Waals surface area contributed by atoms with Crippen molar-refractivity contribution in [2.24, 2.45) is 0 Å². The van der Waals surface area contributed by atoms with E-state index in [9.17, 15) is 14.3 Å². The van der Waals surface area contributed by atoms with Crippen LogP contribution >= 0.6 is 0 Å². The molecule has 0 unspecified atom stereocenters. The van der Waals surface area contributed by atoms with Gasteiger partial charge >= 0.3 is 11.9 Å². The molecule has 0 spiro atoms. The number of hydrogen-bond donors (Lipinski definition) is 1. The van der Waals surface area contributed by atoms with Crippen molar-refractivity contribution in [3.63, 3.8) is 0 Å². The Labute approximate surface area is 150 Å². The first kappa shape index (κ1) is 18.3. The van der Waals surface area contributed by atoms with Crippen molar-refractivity contribution in [2.45, 2.75) is 45.8 Å². The molecule has 2 heterocycles. The van der Waals surface area contributed by atoms with Gasteiger partial charge in [0.25, 0.3) is 0 Å². The summed E-state index contributed by atoms with van der Waals surface area (Å²) >= 11 is 0. The molecule has 1 aliphatic rings. The fourth-order valence-corrected chi connectivity index (χ4v) is 3.18. The molecule has 140 valence electrons. The van der Waals surface area contributed by atoms with E-state index >= 15 is 0 Å². The zero-order valence-corrected chi connectivity index (χ0v) is 15.2. The minimum absolute atomic E-state index is 0.0123. The average molecular weight is 363 g/mol.